The summed E-state index contributed by atoms with van der Waals surface area (Å²) in [5, 5.41) is 3.50. The summed E-state index contributed by atoms with van der Waals surface area (Å²) >= 11 is 0. The number of rotatable bonds is 3. The molecule has 20 heavy (non-hydrogen) atoms. The first-order valence-electron chi connectivity index (χ1n) is 7.97. The lowest BCUT2D eigenvalue weighted by molar-refractivity contribution is 0.191. The molecule has 1 aromatic rings. The number of anilines is 1. The van der Waals surface area contributed by atoms with Gasteiger partial charge in [-0.15, -0.1) is 0 Å². The van der Waals surface area contributed by atoms with Crippen LogP contribution in [-0.2, 0) is 6.42 Å². The van der Waals surface area contributed by atoms with Crippen LogP contribution in [0.5, 0.6) is 5.75 Å². The largest absolute Gasteiger partial charge is 0.486 e. The molecule has 3 rings (SSSR count). The first kappa shape index (κ1) is 13.7. The number of hydrogen-bond donors (Lipinski definition) is 1. The van der Waals surface area contributed by atoms with Crippen molar-refractivity contribution >= 4 is 5.69 Å². The van der Waals surface area contributed by atoms with Gasteiger partial charge in [-0.3, -0.25) is 0 Å². The van der Waals surface area contributed by atoms with Crippen LogP contribution >= 0.6 is 0 Å². The molecule has 1 saturated heterocycles. The monoisotopic (exact) mass is 274 g/mol. The molecule has 0 aromatic heterocycles. The molecule has 2 heterocycles. The van der Waals surface area contributed by atoms with Gasteiger partial charge in [-0.05, 0) is 62.4 Å². The van der Waals surface area contributed by atoms with Gasteiger partial charge in [-0.1, -0.05) is 13.0 Å². The highest BCUT2D eigenvalue weighted by Gasteiger charge is 2.23. The van der Waals surface area contributed by atoms with Crippen molar-refractivity contribution in [2.75, 3.05) is 31.6 Å². The molecule has 2 aliphatic rings. The smallest absolute Gasteiger partial charge is 0.143 e. The molecular weight excluding hydrogens is 248 g/mol. The van der Waals surface area contributed by atoms with Crippen molar-refractivity contribution in [3.05, 3.63) is 23.8 Å². The fourth-order valence-corrected chi connectivity index (χ4v) is 3.35. The zero-order chi connectivity index (χ0) is 13.9. The second-order valence-corrected chi connectivity index (χ2v) is 6.25. The number of piperidine rings is 1. The van der Waals surface area contributed by atoms with Crippen LogP contribution in [0.3, 0.4) is 0 Å². The molecule has 0 aliphatic carbocycles. The van der Waals surface area contributed by atoms with Crippen LogP contribution in [0.4, 0.5) is 5.69 Å². The number of ether oxygens (including phenoxy) is 1. The number of fused-ring (bicyclic) bond motifs is 1. The molecule has 2 unspecified atom stereocenters. The van der Waals surface area contributed by atoms with Crippen molar-refractivity contribution in [3.8, 4) is 5.75 Å². The second-order valence-electron chi connectivity index (χ2n) is 6.25. The van der Waals surface area contributed by atoms with E-state index in [1.54, 1.807) is 0 Å². The molecule has 110 valence electrons. The minimum atomic E-state index is 0.334. The zero-order valence-electron chi connectivity index (χ0n) is 12.7. The van der Waals surface area contributed by atoms with E-state index in [1.165, 1.54) is 43.6 Å². The fraction of sp³-hybridized carbons (Fsp3) is 0.647. The van der Waals surface area contributed by atoms with Gasteiger partial charge in [0, 0.05) is 7.05 Å². The van der Waals surface area contributed by atoms with Gasteiger partial charge in [-0.25, -0.2) is 0 Å². The van der Waals surface area contributed by atoms with Gasteiger partial charge in [0.05, 0.1) is 12.2 Å². The van der Waals surface area contributed by atoms with Crippen molar-refractivity contribution in [1.82, 2.24) is 5.32 Å². The van der Waals surface area contributed by atoms with Gasteiger partial charge in [0.2, 0.25) is 0 Å². The molecule has 3 nitrogen and oxygen atoms in total. The maximum atomic E-state index is 6.04. The van der Waals surface area contributed by atoms with Gasteiger partial charge in [0.1, 0.15) is 11.9 Å². The summed E-state index contributed by atoms with van der Waals surface area (Å²) in [7, 11) is 2.18. The third kappa shape index (κ3) is 2.93. The molecule has 0 spiro atoms. The molecule has 0 bridgehead atoms. The minimum absolute atomic E-state index is 0.334. The average molecular weight is 274 g/mol. The van der Waals surface area contributed by atoms with Crippen molar-refractivity contribution in [3.63, 3.8) is 0 Å². The van der Waals surface area contributed by atoms with Crippen molar-refractivity contribution in [2.45, 2.75) is 38.7 Å². The summed E-state index contributed by atoms with van der Waals surface area (Å²) in [6.45, 7) is 5.54. The number of nitrogens with one attached hydrogen (secondary N) is 1. The molecule has 2 aliphatic heterocycles. The molecule has 0 saturated carbocycles. The van der Waals surface area contributed by atoms with Gasteiger partial charge in [-0.2, -0.15) is 0 Å². The van der Waals surface area contributed by atoms with Crippen LogP contribution in [0, 0.1) is 5.92 Å². The summed E-state index contributed by atoms with van der Waals surface area (Å²) in [6.07, 6.45) is 5.26. The van der Waals surface area contributed by atoms with E-state index in [0.717, 1.165) is 24.6 Å². The lowest BCUT2D eigenvalue weighted by Crippen LogP contribution is -2.37. The van der Waals surface area contributed by atoms with E-state index in [4.69, 9.17) is 4.74 Å². The molecule has 0 amide bonds. The van der Waals surface area contributed by atoms with Crippen molar-refractivity contribution in [1.29, 1.82) is 0 Å². The Morgan fingerprint density at radius 2 is 2.30 bits per heavy atom. The Kier molecular flexibility index (Phi) is 4.16. The van der Waals surface area contributed by atoms with Crippen LogP contribution < -0.4 is 15.0 Å². The van der Waals surface area contributed by atoms with E-state index in [-0.39, 0.29) is 0 Å². The Bertz CT molecular complexity index is 454. The maximum absolute atomic E-state index is 6.04. The molecule has 1 aromatic carbocycles. The quantitative estimate of drug-likeness (QED) is 0.917. The maximum Gasteiger partial charge on any atom is 0.143 e. The second kappa shape index (κ2) is 6.04. The van der Waals surface area contributed by atoms with Crippen molar-refractivity contribution < 1.29 is 4.74 Å². The third-order valence-corrected chi connectivity index (χ3v) is 4.58. The van der Waals surface area contributed by atoms with Crippen LogP contribution in [0.15, 0.2) is 18.2 Å². The predicted octanol–water partition coefficient (Wildman–Crippen LogP) is 2.84. The van der Waals surface area contributed by atoms with Gasteiger partial charge in [0.15, 0.2) is 0 Å². The van der Waals surface area contributed by atoms with Crippen LogP contribution in [-0.4, -0.2) is 32.8 Å². The molecule has 1 N–H and O–H groups in total. The summed E-state index contributed by atoms with van der Waals surface area (Å²) in [6, 6.07) is 6.74. The van der Waals surface area contributed by atoms with Gasteiger partial charge in [0.25, 0.3) is 0 Å². The van der Waals surface area contributed by atoms with Gasteiger partial charge < -0.3 is 15.0 Å². The predicted molar refractivity (Wildman–Crippen MR) is 83.7 cm³/mol. The molecule has 1 fully saturated rings. The first-order chi connectivity index (χ1) is 9.76. The zero-order valence-corrected chi connectivity index (χ0v) is 12.7. The normalized spacial score (nSPS) is 26.0. The van der Waals surface area contributed by atoms with Gasteiger partial charge >= 0.3 is 0 Å². The summed E-state index contributed by atoms with van der Waals surface area (Å²) < 4.78 is 6.04. The Hall–Kier alpha value is -1.22. The Balaban J connectivity index is 1.73. The van der Waals surface area contributed by atoms with E-state index >= 15 is 0 Å². The number of benzene rings is 1. The SMILES string of the molecule is CCC1CN(C)c2cc(CC3CCCNC3)ccc2O1. The topological polar surface area (TPSA) is 24.5 Å². The van der Waals surface area contributed by atoms with Crippen LogP contribution in [0.1, 0.15) is 31.7 Å². The highest BCUT2D eigenvalue weighted by Crippen LogP contribution is 2.34. The lowest BCUT2D eigenvalue weighted by Gasteiger charge is -2.34. The van der Waals surface area contributed by atoms with Crippen LogP contribution in [0.2, 0.25) is 0 Å². The first-order valence-corrected chi connectivity index (χ1v) is 7.97. The van der Waals surface area contributed by atoms with E-state index in [1.807, 2.05) is 0 Å². The minimum Gasteiger partial charge on any atom is -0.486 e. The fourth-order valence-electron chi connectivity index (χ4n) is 3.35. The highest BCUT2D eigenvalue weighted by molar-refractivity contribution is 5.61. The Morgan fingerprint density at radius 3 is 3.05 bits per heavy atom. The van der Waals surface area contributed by atoms with E-state index in [2.05, 4.69) is 42.4 Å². The molecule has 3 heteroatoms. The van der Waals surface area contributed by atoms with Crippen LogP contribution in [0.25, 0.3) is 0 Å². The molecule has 2 atom stereocenters. The van der Waals surface area contributed by atoms with Crippen molar-refractivity contribution in [2.24, 2.45) is 5.92 Å². The molecule has 0 radical (unpaired) electrons. The number of hydrogen-bond acceptors (Lipinski definition) is 3. The number of likely N-dealkylation sites (N-methyl/N-ethyl adjacent to an activating group) is 1. The number of nitrogens with zero attached hydrogens (tertiary/aromatic N) is 1. The Labute approximate surface area is 122 Å². The van der Waals surface area contributed by atoms with E-state index in [9.17, 15) is 0 Å². The standard InChI is InChI=1S/C17H26N2O/c1-3-15-12-19(2)16-10-13(6-7-17(16)20-15)9-14-5-4-8-18-11-14/h6-7,10,14-15,18H,3-5,8-9,11-12H2,1-2H3. The molecular formula is C17H26N2O. The lowest BCUT2D eigenvalue weighted by atomic mass is 9.92. The summed E-state index contributed by atoms with van der Waals surface area (Å²) in [4.78, 5) is 2.34. The van der Waals surface area contributed by atoms with E-state index < -0.39 is 0 Å². The summed E-state index contributed by atoms with van der Waals surface area (Å²) in [5.74, 6) is 1.84. The Morgan fingerprint density at radius 1 is 1.40 bits per heavy atom. The average Bonchev–Trinajstić information content (AvgIpc) is 2.48. The third-order valence-electron chi connectivity index (χ3n) is 4.58. The summed E-state index contributed by atoms with van der Waals surface area (Å²) in [5.41, 5.74) is 2.71. The van der Waals surface area contributed by atoms with E-state index in [0.29, 0.717) is 6.10 Å². The highest BCUT2D eigenvalue weighted by atomic mass is 16.5.